The van der Waals surface area contributed by atoms with Crippen molar-refractivity contribution in [3.63, 3.8) is 0 Å². The minimum Gasteiger partial charge on any atom is -0.455 e. The van der Waals surface area contributed by atoms with Gasteiger partial charge in [0.2, 0.25) is 0 Å². The van der Waals surface area contributed by atoms with Gasteiger partial charge in [0.25, 0.3) is 0 Å². The van der Waals surface area contributed by atoms with E-state index in [1.54, 1.807) is 12.1 Å². The van der Waals surface area contributed by atoms with Gasteiger partial charge in [0, 0.05) is 6.42 Å². The molecule has 1 atom stereocenters. The molecule has 1 N–H and O–H groups in total. The third-order valence-electron chi connectivity index (χ3n) is 3.75. The van der Waals surface area contributed by atoms with Crippen molar-refractivity contribution in [1.82, 2.24) is 0 Å². The fourth-order valence-electron chi connectivity index (χ4n) is 2.48. The fourth-order valence-corrected chi connectivity index (χ4v) is 2.48. The van der Waals surface area contributed by atoms with E-state index in [1.165, 1.54) is 5.56 Å². The van der Waals surface area contributed by atoms with Gasteiger partial charge >= 0.3 is 0 Å². The Labute approximate surface area is 132 Å². The van der Waals surface area contributed by atoms with Gasteiger partial charge in [-0.05, 0) is 43.4 Å². The van der Waals surface area contributed by atoms with E-state index in [9.17, 15) is 9.90 Å². The lowest BCUT2D eigenvalue weighted by Gasteiger charge is -2.04. The van der Waals surface area contributed by atoms with Crippen molar-refractivity contribution >= 4 is 5.78 Å². The number of hydrogen-bond acceptors (Lipinski definition) is 3. The van der Waals surface area contributed by atoms with E-state index in [4.69, 9.17) is 4.42 Å². The summed E-state index contributed by atoms with van der Waals surface area (Å²) in [5, 5.41) is 9.85. The van der Waals surface area contributed by atoms with Gasteiger partial charge in [-0.3, -0.25) is 4.79 Å². The highest BCUT2D eigenvalue weighted by atomic mass is 16.4. The summed E-state index contributed by atoms with van der Waals surface area (Å²) in [4.78, 5) is 12.1. The highest BCUT2D eigenvalue weighted by Crippen LogP contribution is 2.22. The molecule has 0 saturated carbocycles. The summed E-state index contributed by atoms with van der Waals surface area (Å²) >= 11 is 0. The van der Waals surface area contributed by atoms with E-state index < -0.39 is 6.10 Å². The van der Waals surface area contributed by atoms with E-state index in [0.29, 0.717) is 24.4 Å². The Bertz CT molecular complexity index is 571. The molecule has 0 spiro atoms. The minimum atomic E-state index is -0.607. The average Bonchev–Trinajstić information content (AvgIpc) is 3.03. The van der Waals surface area contributed by atoms with Gasteiger partial charge in [-0.2, -0.15) is 0 Å². The Morgan fingerprint density at radius 3 is 2.64 bits per heavy atom. The summed E-state index contributed by atoms with van der Waals surface area (Å²) in [6.07, 6.45) is 4.24. The van der Waals surface area contributed by atoms with E-state index in [2.05, 4.69) is 12.1 Å². The maximum atomic E-state index is 12.1. The van der Waals surface area contributed by atoms with Crippen molar-refractivity contribution < 1.29 is 14.3 Å². The van der Waals surface area contributed by atoms with Gasteiger partial charge in [0.15, 0.2) is 11.5 Å². The fraction of sp³-hybridized carbons (Fsp3) is 0.421. The number of unbranched alkanes of at least 4 members (excludes halogenated alkanes) is 1. The summed E-state index contributed by atoms with van der Waals surface area (Å²) < 4.78 is 5.48. The Kier molecular flexibility index (Phi) is 6.41. The molecule has 0 aliphatic carbocycles. The second-order valence-corrected chi connectivity index (χ2v) is 5.62. The van der Waals surface area contributed by atoms with Crippen LogP contribution in [0.25, 0.3) is 0 Å². The average molecular weight is 300 g/mol. The maximum Gasteiger partial charge on any atom is 0.197 e. The molecular formula is C19H24O3. The first-order valence-electron chi connectivity index (χ1n) is 8.05. The molecule has 118 valence electrons. The van der Waals surface area contributed by atoms with E-state index in [-0.39, 0.29) is 5.78 Å². The van der Waals surface area contributed by atoms with E-state index in [1.807, 2.05) is 25.1 Å². The van der Waals surface area contributed by atoms with Crippen LogP contribution < -0.4 is 0 Å². The monoisotopic (exact) mass is 300 g/mol. The van der Waals surface area contributed by atoms with Crippen molar-refractivity contribution in [3.05, 3.63) is 59.5 Å². The molecule has 2 rings (SSSR count). The quantitative estimate of drug-likeness (QED) is 0.539. The molecule has 1 aromatic heterocycles. The molecule has 0 aliphatic heterocycles. The molecule has 22 heavy (non-hydrogen) atoms. The number of benzene rings is 1. The van der Waals surface area contributed by atoms with Crippen LogP contribution in [0.1, 0.15) is 67.0 Å². The molecule has 2 aromatic rings. The first kappa shape index (κ1) is 16.5. The number of ketones is 1. The predicted octanol–water partition coefficient (Wildman–Crippen LogP) is 4.71. The van der Waals surface area contributed by atoms with Crippen molar-refractivity contribution in [2.75, 3.05) is 0 Å². The van der Waals surface area contributed by atoms with Gasteiger partial charge in [-0.15, -0.1) is 0 Å². The van der Waals surface area contributed by atoms with E-state index in [0.717, 1.165) is 25.7 Å². The van der Waals surface area contributed by atoms with Gasteiger partial charge < -0.3 is 9.52 Å². The first-order chi connectivity index (χ1) is 10.7. The van der Waals surface area contributed by atoms with Crippen molar-refractivity contribution in [1.29, 1.82) is 0 Å². The molecule has 3 heteroatoms. The van der Waals surface area contributed by atoms with Crippen LogP contribution in [0.3, 0.4) is 0 Å². The highest BCUT2D eigenvalue weighted by molar-refractivity contribution is 5.93. The smallest absolute Gasteiger partial charge is 0.197 e. The zero-order valence-corrected chi connectivity index (χ0v) is 13.1. The molecule has 0 bridgehead atoms. The number of aliphatic hydroxyl groups is 1. The first-order valence-corrected chi connectivity index (χ1v) is 8.05. The molecule has 1 unspecified atom stereocenters. The number of carbonyl (C=O) groups is 1. The summed E-state index contributed by atoms with van der Waals surface area (Å²) in [6, 6.07) is 13.7. The molecule has 1 heterocycles. The molecular weight excluding hydrogens is 276 g/mol. The number of rotatable bonds is 9. The van der Waals surface area contributed by atoms with Crippen LogP contribution in [0.2, 0.25) is 0 Å². The number of aryl methyl sites for hydroxylation is 1. The SMILES string of the molecule is CCCC(O)c1ccc(C(=O)CCCCc2ccccc2)o1. The number of furan rings is 1. The third-order valence-corrected chi connectivity index (χ3v) is 3.75. The van der Waals surface area contributed by atoms with Gasteiger partial charge in [0.05, 0.1) is 0 Å². The maximum absolute atomic E-state index is 12.1. The lowest BCUT2D eigenvalue weighted by molar-refractivity contribution is 0.0935. The Morgan fingerprint density at radius 2 is 1.91 bits per heavy atom. The third kappa shape index (κ3) is 4.85. The highest BCUT2D eigenvalue weighted by Gasteiger charge is 2.15. The summed E-state index contributed by atoms with van der Waals surface area (Å²) in [5.41, 5.74) is 1.30. The summed E-state index contributed by atoms with van der Waals surface area (Å²) in [6.45, 7) is 2.00. The number of aliphatic hydroxyl groups excluding tert-OH is 1. The standard InChI is InChI=1S/C19H24O3/c1-2-8-16(20)18-13-14-19(22-18)17(21)12-7-6-11-15-9-4-3-5-10-15/h3-5,9-10,13-14,16,20H,2,6-8,11-12H2,1H3. The topological polar surface area (TPSA) is 50.4 Å². The number of Topliss-reactive ketones (excluding diaryl/α,β-unsaturated/α-hetero) is 1. The van der Waals surface area contributed by atoms with Crippen LogP contribution >= 0.6 is 0 Å². The second-order valence-electron chi connectivity index (χ2n) is 5.62. The molecule has 0 saturated heterocycles. The van der Waals surface area contributed by atoms with Crippen molar-refractivity contribution in [2.24, 2.45) is 0 Å². The number of hydrogen-bond donors (Lipinski definition) is 1. The summed E-state index contributed by atoms with van der Waals surface area (Å²) in [5.74, 6) is 0.877. The van der Waals surface area contributed by atoms with Crippen LogP contribution in [-0.2, 0) is 6.42 Å². The molecule has 0 amide bonds. The van der Waals surface area contributed by atoms with Gasteiger partial charge in [-0.1, -0.05) is 43.7 Å². The Hall–Kier alpha value is -1.87. The molecule has 1 aromatic carbocycles. The van der Waals surface area contributed by atoms with Crippen LogP contribution in [0.15, 0.2) is 46.9 Å². The van der Waals surface area contributed by atoms with E-state index >= 15 is 0 Å². The largest absolute Gasteiger partial charge is 0.455 e. The van der Waals surface area contributed by atoms with Crippen molar-refractivity contribution in [2.45, 2.75) is 51.6 Å². The number of carbonyl (C=O) groups excluding carboxylic acids is 1. The normalized spacial score (nSPS) is 12.3. The minimum absolute atomic E-state index is 0.0167. The zero-order chi connectivity index (χ0) is 15.8. The summed E-state index contributed by atoms with van der Waals surface area (Å²) in [7, 11) is 0. The Balaban J connectivity index is 1.75. The molecule has 0 fully saturated rings. The van der Waals surface area contributed by atoms with Gasteiger partial charge in [0.1, 0.15) is 11.9 Å². The second kappa shape index (κ2) is 8.54. The van der Waals surface area contributed by atoms with Crippen LogP contribution in [0, 0.1) is 0 Å². The molecule has 0 aliphatic rings. The lowest BCUT2D eigenvalue weighted by atomic mass is 10.1. The lowest BCUT2D eigenvalue weighted by Crippen LogP contribution is -1.98. The zero-order valence-electron chi connectivity index (χ0n) is 13.1. The Morgan fingerprint density at radius 1 is 1.14 bits per heavy atom. The predicted molar refractivity (Wildman–Crippen MR) is 86.9 cm³/mol. The van der Waals surface area contributed by atoms with Crippen LogP contribution in [-0.4, -0.2) is 10.9 Å². The van der Waals surface area contributed by atoms with Gasteiger partial charge in [-0.25, -0.2) is 0 Å². The molecule has 3 nitrogen and oxygen atoms in total. The van der Waals surface area contributed by atoms with Crippen LogP contribution in [0.4, 0.5) is 0 Å². The van der Waals surface area contributed by atoms with Crippen LogP contribution in [0.5, 0.6) is 0 Å². The molecule has 0 radical (unpaired) electrons. The van der Waals surface area contributed by atoms with Crippen molar-refractivity contribution in [3.8, 4) is 0 Å².